The van der Waals surface area contributed by atoms with Gasteiger partial charge in [-0.05, 0) is 13.8 Å². The minimum atomic E-state index is -4.36. The number of aliphatic hydroxyl groups excluding tert-OH is 1. The van der Waals surface area contributed by atoms with Gasteiger partial charge in [-0.1, -0.05) is 0 Å². The zero-order valence-corrected chi connectivity index (χ0v) is 11.3. The van der Waals surface area contributed by atoms with E-state index in [9.17, 15) is 23.1 Å². The van der Waals surface area contributed by atoms with Crippen LogP contribution >= 0.6 is 0 Å². The van der Waals surface area contributed by atoms with Crippen LogP contribution in [0.3, 0.4) is 0 Å². The molecule has 1 amide bonds. The molecule has 0 bridgehead atoms. The standard InChI is InChI=1S/C9H16N2O7S/c1-5(2)18-9(15)10-19(16,17)11-4-6(12)3-7(11)8(13)14/h5-7,12H,3-4H2,1-2H3,(H,10,15)(H,13,14)/t6-,7-/m0/s1. The van der Waals surface area contributed by atoms with Gasteiger partial charge in [0.05, 0.1) is 12.2 Å². The first kappa shape index (κ1) is 15.7. The summed E-state index contributed by atoms with van der Waals surface area (Å²) in [5.41, 5.74) is 0. The molecule has 0 aromatic rings. The Morgan fingerprint density at radius 1 is 1.42 bits per heavy atom. The molecule has 0 unspecified atom stereocenters. The Kier molecular flexibility index (Phi) is 4.71. The third-order valence-electron chi connectivity index (χ3n) is 2.38. The highest BCUT2D eigenvalue weighted by Crippen LogP contribution is 2.21. The van der Waals surface area contributed by atoms with Crippen molar-refractivity contribution in [2.45, 2.75) is 38.5 Å². The molecule has 1 fully saturated rings. The van der Waals surface area contributed by atoms with Crippen LogP contribution < -0.4 is 4.72 Å². The minimum Gasteiger partial charge on any atom is -0.480 e. The van der Waals surface area contributed by atoms with Gasteiger partial charge in [-0.25, -0.2) is 9.52 Å². The molecule has 0 saturated carbocycles. The number of hydrogen-bond acceptors (Lipinski definition) is 6. The first-order chi connectivity index (χ1) is 8.63. The largest absolute Gasteiger partial charge is 0.480 e. The summed E-state index contributed by atoms with van der Waals surface area (Å²) in [6.07, 6.45) is -3.02. The average Bonchev–Trinajstić information content (AvgIpc) is 2.58. The average molecular weight is 296 g/mol. The number of hydrogen-bond donors (Lipinski definition) is 3. The van der Waals surface area contributed by atoms with Crippen LogP contribution in [0.4, 0.5) is 4.79 Å². The van der Waals surface area contributed by atoms with Crippen LogP contribution in [-0.4, -0.2) is 59.8 Å². The van der Waals surface area contributed by atoms with Crippen LogP contribution in [0.5, 0.6) is 0 Å². The number of nitrogens with one attached hydrogen (secondary N) is 1. The quantitative estimate of drug-likeness (QED) is 0.598. The lowest BCUT2D eigenvalue weighted by molar-refractivity contribution is -0.140. The van der Waals surface area contributed by atoms with E-state index in [2.05, 4.69) is 4.74 Å². The molecule has 1 aliphatic rings. The smallest absolute Gasteiger partial charge is 0.422 e. The lowest BCUT2D eigenvalue weighted by Gasteiger charge is -2.20. The van der Waals surface area contributed by atoms with E-state index in [-0.39, 0.29) is 13.0 Å². The number of carbonyl (C=O) groups excluding carboxylic acids is 1. The van der Waals surface area contributed by atoms with Crippen molar-refractivity contribution in [1.29, 1.82) is 0 Å². The summed E-state index contributed by atoms with van der Waals surface area (Å²) in [5, 5.41) is 18.2. The van der Waals surface area contributed by atoms with E-state index in [4.69, 9.17) is 5.11 Å². The van der Waals surface area contributed by atoms with Gasteiger partial charge in [0, 0.05) is 13.0 Å². The lowest BCUT2D eigenvalue weighted by atomic mass is 10.2. The monoisotopic (exact) mass is 296 g/mol. The van der Waals surface area contributed by atoms with E-state index in [1.165, 1.54) is 13.8 Å². The van der Waals surface area contributed by atoms with E-state index in [1.54, 1.807) is 4.72 Å². The number of aliphatic carboxylic acids is 1. The van der Waals surface area contributed by atoms with E-state index < -0.39 is 40.5 Å². The van der Waals surface area contributed by atoms with Crippen molar-refractivity contribution in [3.63, 3.8) is 0 Å². The van der Waals surface area contributed by atoms with Gasteiger partial charge in [0.2, 0.25) is 0 Å². The van der Waals surface area contributed by atoms with Crippen LogP contribution in [0, 0.1) is 0 Å². The molecule has 1 aliphatic heterocycles. The Balaban J connectivity index is 2.81. The summed E-state index contributed by atoms with van der Waals surface area (Å²) in [6.45, 7) is 2.68. The number of amides is 1. The number of rotatable bonds is 4. The molecule has 0 spiro atoms. The second kappa shape index (κ2) is 5.72. The van der Waals surface area contributed by atoms with Crippen molar-refractivity contribution in [2.24, 2.45) is 0 Å². The Labute approximate surface area is 110 Å². The van der Waals surface area contributed by atoms with Crippen molar-refractivity contribution in [3.05, 3.63) is 0 Å². The van der Waals surface area contributed by atoms with E-state index in [0.29, 0.717) is 4.31 Å². The molecular formula is C9H16N2O7S. The summed E-state index contributed by atoms with van der Waals surface area (Å²) in [6, 6.07) is -1.40. The maximum atomic E-state index is 11.8. The summed E-state index contributed by atoms with van der Waals surface area (Å²) >= 11 is 0. The number of carboxylic acids is 1. The fourth-order valence-corrected chi connectivity index (χ4v) is 2.93. The molecule has 1 heterocycles. The lowest BCUT2D eigenvalue weighted by Crippen LogP contribution is -2.48. The molecule has 0 radical (unpaired) electrons. The highest BCUT2D eigenvalue weighted by molar-refractivity contribution is 7.87. The molecule has 3 N–H and O–H groups in total. The third-order valence-corrected chi connectivity index (χ3v) is 3.83. The first-order valence-electron chi connectivity index (χ1n) is 5.54. The van der Waals surface area contributed by atoms with Gasteiger partial charge in [-0.3, -0.25) is 4.79 Å². The molecule has 1 rings (SSSR count). The van der Waals surface area contributed by atoms with Crippen LogP contribution in [-0.2, 0) is 19.7 Å². The molecule has 110 valence electrons. The van der Waals surface area contributed by atoms with Gasteiger partial charge in [-0.2, -0.15) is 12.7 Å². The minimum absolute atomic E-state index is 0.227. The second-order valence-electron chi connectivity index (χ2n) is 4.37. The Bertz CT molecular complexity index is 461. The molecule has 10 heteroatoms. The van der Waals surface area contributed by atoms with Crippen LogP contribution in [0.1, 0.15) is 20.3 Å². The molecular weight excluding hydrogens is 280 g/mol. The Hall–Kier alpha value is -1.39. The number of nitrogens with zero attached hydrogens (tertiary/aromatic N) is 1. The van der Waals surface area contributed by atoms with Crippen molar-refractivity contribution in [2.75, 3.05) is 6.54 Å². The number of β-amino-alcohol motifs (C(OH)–C–C–N with tert-alkyl or cyclic N) is 1. The SMILES string of the molecule is CC(C)OC(=O)NS(=O)(=O)N1C[C@@H](O)C[C@H]1C(=O)O. The van der Waals surface area contributed by atoms with E-state index >= 15 is 0 Å². The van der Waals surface area contributed by atoms with Crippen molar-refractivity contribution >= 4 is 22.3 Å². The molecule has 0 aromatic heterocycles. The molecule has 0 aliphatic carbocycles. The third kappa shape index (κ3) is 4.04. The fraction of sp³-hybridized carbons (Fsp3) is 0.778. The normalized spacial score (nSPS) is 24.4. The zero-order chi connectivity index (χ0) is 14.8. The van der Waals surface area contributed by atoms with Crippen molar-refractivity contribution in [1.82, 2.24) is 9.03 Å². The summed E-state index contributed by atoms with van der Waals surface area (Å²) in [7, 11) is -4.36. The number of carbonyl (C=O) groups is 2. The fourth-order valence-electron chi connectivity index (χ4n) is 1.68. The maximum absolute atomic E-state index is 11.8. The zero-order valence-electron chi connectivity index (χ0n) is 10.4. The first-order valence-corrected chi connectivity index (χ1v) is 6.98. The van der Waals surface area contributed by atoms with E-state index in [0.717, 1.165) is 0 Å². The van der Waals surface area contributed by atoms with Crippen LogP contribution in [0.2, 0.25) is 0 Å². The Morgan fingerprint density at radius 2 is 2.00 bits per heavy atom. The molecule has 0 aromatic carbocycles. The van der Waals surface area contributed by atoms with Gasteiger partial charge < -0.3 is 14.9 Å². The summed E-state index contributed by atoms with van der Waals surface area (Å²) < 4.78 is 30.4. The van der Waals surface area contributed by atoms with Gasteiger partial charge in [-0.15, -0.1) is 0 Å². The van der Waals surface area contributed by atoms with E-state index in [1.807, 2.05) is 0 Å². The van der Waals surface area contributed by atoms with Crippen LogP contribution in [0.25, 0.3) is 0 Å². The van der Waals surface area contributed by atoms with Gasteiger partial charge in [0.1, 0.15) is 6.04 Å². The number of carboxylic acid groups (broad SMARTS) is 1. The van der Waals surface area contributed by atoms with Crippen molar-refractivity contribution in [3.8, 4) is 0 Å². The molecule has 1 saturated heterocycles. The van der Waals surface area contributed by atoms with Gasteiger partial charge >= 0.3 is 22.3 Å². The Morgan fingerprint density at radius 3 is 2.47 bits per heavy atom. The summed E-state index contributed by atoms with van der Waals surface area (Å²) in [4.78, 5) is 22.1. The topological polar surface area (TPSA) is 133 Å². The molecule has 19 heavy (non-hydrogen) atoms. The highest BCUT2D eigenvalue weighted by atomic mass is 32.2. The van der Waals surface area contributed by atoms with Gasteiger partial charge in [0.15, 0.2) is 0 Å². The predicted octanol–water partition coefficient (Wildman–Crippen LogP) is -1.11. The number of aliphatic hydroxyl groups is 1. The van der Waals surface area contributed by atoms with Gasteiger partial charge in [0.25, 0.3) is 0 Å². The second-order valence-corrected chi connectivity index (χ2v) is 6.00. The molecule has 2 atom stereocenters. The van der Waals surface area contributed by atoms with Crippen molar-refractivity contribution < 1.29 is 33.0 Å². The highest BCUT2D eigenvalue weighted by Gasteiger charge is 2.43. The predicted molar refractivity (Wildman–Crippen MR) is 62.4 cm³/mol. The van der Waals surface area contributed by atoms with Crippen LogP contribution in [0.15, 0.2) is 0 Å². The number of ether oxygens (including phenoxy) is 1. The maximum Gasteiger partial charge on any atom is 0.422 e. The summed E-state index contributed by atoms with van der Waals surface area (Å²) in [5.74, 6) is -1.39. The molecule has 9 nitrogen and oxygen atoms in total.